The fourth-order valence-corrected chi connectivity index (χ4v) is 2.74. The molecule has 0 unspecified atom stereocenters. The van der Waals surface area contributed by atoms with Crippen molar-refractivity contribution < 1.29 is 14.6 Å². The molecule has 0 atom stereocenters. The molecule has 0 aliphatic rings. The van der Waals surface area contributed by atoms with Gasteiger partial charge in [-0.3, -0.25) is 15.1 Å². The minimum Gasteiger partial charge on any atom is -0.507 e. The van der Waals surface area contributed by atoms with Crippen LogP contribution in [0.2, 0.25) is 0 Å². The Bertz CT molecular complexity index is 834. The monoisotopic (exact) mass is 327 g/mol. The molecule has 6 nitrogen and oxygen atoms in total. The number of hydrogen-bond donors (Lipinski definition) is 2. The van der Waals surface area contributed by atoms with Gasteiger partial charge >= 0.3 is 0 Å². The molecular formula is C16H13N3O3S. The number of carbonyl (C=O) groups excluding carboxylic acids is 1. The number of carbonyl (C=O) groups is 1. The zero-order chi connectivity index (χ0) is 16.2. The molecule has 0 aliphatic carbocycles. The Kier molecular flexibility index (Phi) is 4.20. The first-order valence-corrected chi connectivity index (χ1v) is 7.54. The molecule has 2 N–H and O–H groups in total. The van der Waals surface area contributed by atoms with E-state index in [0.29, 0.717) is 10.9 Å². The zero-order valence-corrected chi connectivity index (χ0v) is 13.0. The van der Waals surface area contributed by atoms with Gasteiger partial charge in [0.15, 0.2) is 5.13 Å². The van der Waals surface area contributed by atoms with Crippen LogP contribution in [0.25, 0.3) is 10.6 Å². The highest BCUT2D eigenvalue weighted by molar-refractivity contribution is 7.19. The Hall–Kier alpha value is -2.93. The highest BCUT2D eigenvalue weighted by Gasteiger charge is 2.14. The molecule has 23 heavy (non-hydrogen) atoms. The van der Waals surface area contributed by atoms with Crippen molar-refractivity contribution in [2.75, 3.05) is 12.4 Å². The lowest BCUT2D eigenvalue weighted by Crippen LogP contribution is -2.11. The van der Waals surface area contributed by atoms with Gasteiger partial charge in [0.05, 0.1) is 23.2 Å². The second-order valence-corrected chi connectivity index (χ2v) is 5.61. The summed E-state index contributed by atoms with van der Waals surface area (Å²) >= 11 is 1.31. The topological polar surface area (TPSA) is 84.3 Å². The van der Waals surface area contributed by atoms with Gasteiger partial charge in [-0.1, -0.05) is 17.4 Å². The number of amides is 1. The van der Waals surface area contributed by atoms with E-state index >= 15 is 0 Å². The van der Waals surface area contributed by atoms with Gasteiger partial charge < -0.3 is 9.84 Å². The van der Waals surface area contributed by atoms with E-state index in [9.17, 15) is 9.90 Å². The van der Waals surface area contributed by atoms with Gasteiger partial charge in [0.25, 0.3) is 5.91 Å². The van der Waals surface area contributed by atoms with Crippen LogP contribution in [-0.2, 0) is 0 Å². The van der Waals surface area contributed by atoms with Crippen molar-refractivity contribution in [2.24, 2.45) is 0 Å². The van der Waals surface area contributed by atoms with Gasteiger partial charge in [0.1, 0.15) is 11.5 Å². The van der Waals surface area contributed by atoms with Crippen molar-refractivity contribution in [1.29, 1.82) is 0 Å². The summed E-state index contributed by atoms with van der Waals surface area (Å²) in [5.74, 6) is -0.110. The predicted molar refractivity (Wildman–Crippen MR) is 88.0 cm³/mol. The number of ether oxygens (including phenoxy) is 1. The summed E-state index contributed by atoms with van der Waals surface area (Å²) in [6.45, 7) is 0. The number of pyridine rings is 1. The lowest BCUT2D eigenvalue weighted by molar-refractivity contribution is 0.102. The number of aromatic hydroxyl groups is 1. The molecule has 7 heteroatoms. The van der Waals surface area contributed by atoms with Crippen LogP contribution in [-0.4, -0.2) is 28.1 Å². The molecule has 0 radical (unpaired) electrons. The molecule has 0 saturated heterocycles. The molecule has 1 amide bonds. The molecule has 0 fully saturated rings. The fraction of sp³-hybridized carbons (Fsp3) is 0.0625. The van der Waals surface area contributed by atoms with Gasteiger partial charge in [-0.25, -0.2) is 4.98 Å². The number of phenolic OH excluding ortho intramolecular Hbond substituents is 1. The van der Waals surface area contributed by atoms with Crippen LogP contribution >= 0.6 is 11.3 Å². The van der Waals surface area contributed by atoms with Crippen molar-refractivity contribution in [2.45, 2.75) is 0 Å². The summed E-state index contributed by atoms with van der Waals surface area (Å²) in [4.78, 5) is 21.5. The smallest absolute Gasteiger partial charge is 0.261 e. The molecule has 2 aromatic heterocycles. The first kappa shape index (κ1) is 15.0. The first-order valence-electron chi connectivity index (χ1n) is 6.73. The zero-order valence-electron chi connectivity index (χ0n) is 12.2. The minimum atomic E-state index is -0.438. The quantitative estimate of drug-likeness (QED) is 0.769. The third-order valence-electron chi connectivity index (χ3n) is 3.09. The van der Waals surface area contributed by atoms with Gasteiger partial charge in [0, 0.05) is 18.5 Å². The predicted octanol–water partition coefficient (Wildman–Crippen LogP) is 3.17. The number of anilines is 1. The van der Waals surface area contributed by atoms with Crippen LogP contribution in [0.15, 0.2) is 48.8 Å². The lowest BCUT2D eigenvalue weighted by Gasteiger charge is -2.06. The van der Waals surface area contributed by atoms with Crippen LogP contribution in [0.3, 0.4) is 0 Å². The molecule has 0 saturated carbocycles. The summed E-state index contributed by atoms with van der Waals surface area (Å²) in [6, 6.07) is 10.1. The van der Waals surface area contributed by atoms with Crippen molar-refractivity contribution >= 4 is 22.4 Å². The standard InChI is InChI=1S/C16H13N3O3S/c1-22-10-5-6-11(13(20)8-10)15(21)19-16-18-9-14(23-16)12-4-2-3-7-17-12/h2-9,20H,1H3,(H,18,19,21). The number of aromatic nitrogens is 2. The molecule has 1 aromatic carbocycles. The van der Waals surface area contributed by atoms with E-state index in [1.54, 1.807) is 18.5 Å². The maximum atomic E-state index is 12.2. The van der Waals surface area contributed by atoms with E-state index in [4.69, 9.17) is 4.74 Å². The number of rotatable bonds is 4. The molecule has 0 spiro atoms. The fourth-order valence-electron chi connectivity index (χ4n) is 1.95. The Morgan fingerprint density at radius 2 is 2.13 bits per heavy atom. The molecule has 116 valence electrons. The third kappa shape index (κ3) is 3.29. The van der Waals surface area contributed by atoms with E-state index in [1.165, 1.54) is 30.6 Å². The lowest BCUT2D eigenvalue weighted by atomic mass is 10.2. The largest absolute Gasteiger partial charge is 0.507 e. The Balaban J connectivity index is 1.77. The third-order valence-corrected chi connectivity index (χ3v) is 4.03. The average molecular weight is 327 g/mol. The van der Waals surface area contributed by atoms with Gasteiger partial charge in [-0.2, -0.15) is 0 Å². The SMILES string of the molecule is COc1ccc(C(=O)Nc2ncc(-c3ccccn3)s2)c(O)c1. The number of thiazole rings is 1. The number of methoxy groups -OCH3 is 1. The highest BCUT2D eigenvalue weighted by Crippen LogP contribution is 2.29. The maximum Gasteiger partial charge on any atom is 0.261 e. The second-order valence-electron chi connectivity index (χ2n) is 4.58. The van der Waals surface area contributed by atoms with Crippen LogP contribution < -0.4 is 10.1 Å². The summed E-state index contributed by atoms with van der Waals surface area (Å²) < 4.78 is 4.99. The molecular weight excluding hydrogens is 314 g/mol. The summed E-state index contributed by atoms with van der Waals surface area (Å²) in [7, 11) is 1.49. The normalized spacial score (nSPS) is 10.3. The van der Waals surface area contributed by atoms with Crippen molar-refractivity contribution in [3.05, 3.63) is 54.4 Å². The number of hydrogen-bond acceptors (Lipinski definition) is 6. The number of benzene rings is 1. The summed E-state index contributed by atoms with van der Waals surface area (Å²) in [5.41, 5.74) is 0.943. The number of nitrogens with zero attached hydrogens (tertiary/aromatic N) is 2. The average Bonchev–Trinajstić information content (AvgIpc) is 3.03. The second kappa shape index (κ2) is 6.45. The van der Waals surface area contributed by atoms with E-state index < -0.39 is 5.91 Å². The van der Waals surface area contributed by atoms with E-state index in [1.807, 2.05) is 18.2 Å². The Labute approximate surface area is 136 Å². The van der Waals surface area contributed by atoms with Crippen LogP contribution in [0.4, 0.5) is 5.13 Å². The first-order chi connectivity index (χ1) is 11.2. The van der Waals surface area contributed by atoms with E-state index in [-0.39, 0.29) is 11.3 Å². The van der Waals surface area contributed by atoms with Crippen LogP contribution in [0.5, 0.6) is 11.5 Å². The van der Waals surface area contributed by atoms with Crippen molar-refractivity contribution in [3.8, 4) is 22.1 Å². The molecule has 2 heterocycles. The van der Waals surface area contributed by atoms with E-state index in [2.05, 4.69) is 15.3 Å². The number of phenols is 1. The minimum absolute atomic E-state index is 0.150. The maximum absolute atomic E-state index is 12.2. The molecule has 3 aromatic rings. The van der Waals surface area contributed by atoms with Gasteiger partial charge in [0.2, 0.25) is 0 Å². The Morgan fingerprint density at radius 3 is 2.83 bits per heavy atom. The highest BCUT2D eigenvalue weighted by atomic mass is 32.1. The van der Waals surface area contributed by atoms with Gasteiger partial charge in [-0.15, -0.1) is 0 Å². The Morgan fingerprint density at radius 1 is 1.26 bits per heavy atom. The summed E-state index contributed by atoms with van der Waals surface area (Å²) in [5, 5.41) is 13.0. The molecule has 0 aliphatic heterocycles. The summed E-state index contributed by atoms with van der Waals surface area (Å²) in [6.07, 6.45) is 3.35. The molecule has 3 rings (SSSR count). The van der Waals surface area contributed by atoms with Gasteiger partial charge in [-0.05, 0) is 24.3 Å². The van der Waals surface area contributed by atoms with Crippen LogP contribution in [0, 0.1) is 0 Å². The van der Waals surface area contributed by atoms with Crippen LogP contribution in [0.1, 0.15) is 10.4 Å². The molecule has 0 bridgehead atoms. The van der Waals surface area contributed by atoms with Crippen molar-refractivity contribution in [1.82, 2.24) is 9.97 Å². The van der Waals surface area contributed by atoms with Crippen molar-refractivity contribution in [3.63, 3.8) is 0 Å². The number of nitrogens with one attached hydrogen (secondary N) is 1. The van der Waals surface area contributed by atoms with E-state index in [0.717, 1.165) is 10.6 Å².